The zero-order chi connectivity index (χ0) is 13.9. The van der Waals surface area contributed by atoms with Crippen LogP contribution in [0.4, 0.5) is 5.82 Å². The first-order chi connectivity index (χ1) is 9.79. The minimum Gasteiger partial charge on any atom is -0.377 e. The Kier molecular flexibility index (Phi) is 4.08. The molecule has 0 aromatic carbocycles. The summed E-state index contributed by atoms with van der Waals surface area (Å²) in [7, 11) is 2.01. The van der Waals surface area contributed by atoms with Crippen LogP contribution in [0.2, 0.25) is 0 Å². The van der Waals surface area contributed by atoms with Crippen LogP contribution in [0.5, 0.6) is 0 Å². The number of pyridine rings is 1. The third-order valence-corrected chi connectivity index (χ3v) is 3.95. The number of rotatable bonds is 4. The largest absolute Gasteiger partial charge is 0.377 e. The molecule has 3 rings (SSSR count). The molecule has 2 aromatic heterocycles. The van der Waals surface area contributed by atoms with Crippen molar-refractivity contribution >= 4 is 28.5 Å². The minimum absolute atomic E-state index is 0.327. The van der Waals surface area contributed by atoms with Crippen molar-refractivity contribution in [3.05, 3.63) is 18.6 Å². The number of imidazole rings is 1. The normalized spacial score (nSPS) is 17.0. The molecular formula is C14H19ClN4O. The number of alkyl halides is 1. The summed E-state index contributed by atoms with van der Waals surface area (Å²) in [5, 5.41) is 0. The van der Waals surface area contributed by atoms with Crippen LogP contribution >= 0.6 is 11.6 Å². The lowest BCUT2D eigenvalue weighted by atomic mass is 10.1. The maximum Gasteiger partial charge on any atom is 0.156 e. The van der Waals surface area contributed by atoms with E-state index in [-0.39, 0.29) is 0 Å². The first-order valence-corrected chi connectivity index (χ1v) is 7.51. The minimum atomic E-state index is 0.327. The smallest absolute Gasteiger partial charge is 0.156 e. The molecule has 20 heavy (non-hydrogen) atoms. The monoisotopic (exact) mass is 294 g/mol. The molecule has 0 atom stereocenters. The lowest BCUT2D eigenvalue weighted by molar-refractivity contribution is 0.0471. The first kappa shape index (κ1) is 13.6. The van der Waals surface area contributed by atoms with Gasteiger partial charge >= 0.3 is 0 Å². The van der Waals surface area contributed by atoms with Gasteiger partial charge in [-0.15, -0.1) is 11.6 Å². The summed E-state index contributed by atoms with van der Waals surface area (Å²) in [5.41, 5.74) is 2.10. The van der Waals surface area contributed by atoms with Gasteiger partial charge in [-0.05, 0) is 18.9 Å². The van der Waals surface area contributed by atoms with Crippen molar-refractivity contribution in [1.82, 2.24) is 14.5 Å². The summed E-state index contributed by atoms with van der Waals surface area (Å²) in [4.78, 5) is 11.3. The molecule has 0 N–H and O–H groups in total. The van der Waals surface area contributed by atoms with E-state index in [1.807, 2.05) is 30.2 Å². The zero-order valence-electron chi connectivity index (χ0n) is 11.6. The standard InChI is InChI=1S/C14H19ClN4O/c1-18-10-17-13-12(18)2-6-16-14(13)19-7-3-11(4-8-19)20-9-5-15/h2,6,10-11H,3-5,7-9H2,1H3. The van der Waals surface area contributed by atoms with Crippen LogP contribution in [0.15, 0.2) is 18.6 Å². The Morgan fingerprint density at radius 3 is 2.90 bits per heavy atom. The van der Waals surface area contributed by atoms with Gasteiger partial charge in [0.05, 0.1) is 24.6 Å². The van der Waals surface area contributed by atoms with Crippen LogP contribution in [-0.4, -0.2) is 46.2 Å². The van der Waals surface area contributed by atoms with Gasteiger partial charge in [-0.1, -0.05) is 0 Å². The Labute approximate surface area is 123 Å². The van der Waals surface area contributed by atoms with Crippen LogP contribution in [0, 0.1) is 0 Å². The second-order valence-electron chi connectivity index (χ2n) is 5.10. The molecule has 0 radical (unpaired) electrons. The molecule has 108 valence electrons. The number of aryl methyl sites for hydroxylation is 1. The van der Waals surface area contributed by atoms with Crippen molar-refractivity contribution in [2.75, 3.05) is 30.5 Å². The number of ether oxygens (including phenoxy) is 1. The van der Waals surface area contributed by atoms with Gasteiger partial charge in [0.1, 0.15) is 5.52 Å². The highest BCUT2D eigenvalue weighted by Crippen LogP contribution is 2.26. The molecule has 0 amide bonds. The Hall–Kier alpha value is -1.33. The second-order valence-corrected chi connectivity index (χ2v) is 5.48. The molecule has 0 bridgehead atoms. The molecule has 6 heteroatoms. The molecule has 0 aliphatic carbocycles. The fraction of sp³-hybridized carbons (Fsp3) is 0.571. The third-order valence-electron chi connectivity index (χ3n) is 3.80. The molecule has 5 nitrogen and oxygen atoms in total. The van der Waals surface area contributed by atoms with E-state index in [1.54, 1.807) is 0 Å². The first-order valence-electron chi connectivity index (χ1n) is 6.98. The van der Waals surface area contributed by atoms with Crippen molar-refractivity contribution in [3.8, 4) is 0 Å². The van der Waals surface area contributed by atoms with Gasteiger partial charge in [-0.2, -0.15) is 0 Å². The van der Waals surface area contributed by atoms with Crippen molar-refractivity contribution in [2.24, 2.45) is 7.05 Å². The highest BCUT2D eigenvalue weighted by Gasteiger charge is 2.22. The van der Waals surface area contributed by atoms with E-state index >= 15 is 0 Å². The van der Waals surface area contributed by atoms with Crippen molar-refractivity contribution in [2.45, 2.75) is 18.9 Å². The van der Waals surface area contributed by atoms with Gasteiger partial charge in [0, 0.05) is 32.2 Å². The van der Waals surface area contributed by atoms with E-state index < -0.39 is 0 Å². The van der Waals surface area contributed by atoms with Crippen LogP contribution < -0.4 is 4.90 Å². The van der Waals surface area contributed by atoms with E-state index in [0.29, 0.717) is 18.6 Å². The van der Waals surface area contributed by atoms with Gasteiger partial charge in [-0.3, -0.25) is 0 Å². The average Bonchev–Trinajstić information content (AvgIpc) is 2.87. The van der Waals surface area contributed by atoms with E-state index in [2.05, 4.69) is 14.9 Å². The number of halogens is 1. The number of hydrogen-bond donors (Lipinski definition) is 0. The molecule has 0 unspecified atom stereocenters. The quantitative estimate of drug-likeness (QED) is 0.811. The van der Waals surface area contributed by atoms with Gasteiger partial charge in [0.15, 0.2) is 5.82 Å². The van der Waals surface area contributed by atoms with Crippen molar-refractivity contribution in [3.63, 3.8) is 0 Å². The lowest BCUT2D eigenvalue weighted by Crippen LogP contribution is -2.37. The predicted molar refractivity (Wildman–Crippen MR) is 80.4 cm³/mol. The summed E-state index contributed by atoms with van der Waals surface area (Å²) < 4.78 is 7.73. The highest BCUT2D eigenvalue weighted by atomic mass is 35.5. The third kappa shape index (κ3) is 2.60. The summed E-state index contributed by atoms with van der Waals surface area (Å²) in [6.45, 7) is 2.55. The predicted octanol–water partition coefficient (Wildman–Crippen LogP) is 2.19. The molecule has 0 saturated carbocycles. The van der Waals surface area contributed by atoms with Gasteiger partial charge < -0.3 is 14.2 Å². The maximum atomic E-state index is 5.71. The fourth-order valence-electron chi connectivity index (χ4n) is 2.73. The number of aromatic nitrogens is 3. The van der Waals surface area contributed by atoms with Crippen LogP contribution in [-0.2, 0) is 11.8 Å². The summed E-state index contributed by atoms with van der Waals surface area (Å²) >= 11 is 5.66. The van der Waals surface area contributed by atoms with Gasteiger partial charge in [-0.25, -0.2) is 9.97 Å². The van der Waals surface area contributed by atoms with E-state index in [1.165, 1.54) is 0 Å². The molecule has 2 aromatic rings. The van der Waals surface area contributed by atoms with Gasteiger partial charge in [0.2, 0.25) is 0 Å². The number of anilines is 1. The topological polar surface area (TPSA) is 43.2 Å². The van der Waals surface area contributed by atoms with E-state index in [0.717, 1.165) is 42.8 Å². The zero-order valence-corrected chi connectivity index (χ0v) is 12.4. The van der Waals surface area contributed by atoms with Crippen LogP contribution in [0.3, 0.4) is 0 Å². The molecule has 0 spiro atoms. The SMILES string of the molecule is Cn1cnc2c(N3CCC(OCCCl)CC3)nccc21. The maximum absolute atomic E-state index is 5.71. The molecular weight excluding hydrogens is 276 g/mol. The number of nitrogens with zero attached hydrogens (tertiary/aromatic N) is 4. The number of piperidine rings is 1. The molecule has 1 aliphatic rings. The van der Waals surface area contributed by atoms with Gasteiger partial charge in [0.25, 0.3) is 0 Å². The van der Waals surface area contributed by atoms with Crippen LogP contribution in [0.1, 0.15) is 12.8 Å². The molecule has 3 heterocycles. The van der Waals surface area contributed by atoms with Crippen molar-refractivity contribution < 1.29 is 4.74 Å². The second kappa shape index (κ2) is 5.97. The summed E-state index contributed by atoms with van der Waals surface area (Å²) in [6.07, 6.45) is 6.05. The Bertz CT molecular complexity index is 578. The average molecular weight is 295 g/mol. The number of fused-ring (bicyclic) bond motifs is 1. The van der Waals surface area contributed by atoms with E-state index in [9.17, 15) is 0 Å². The summed E-state index contributed by atoms with van der Waals surface area (Å²) in [5.74, 6) is 1.55. The highest BCUT2D eigenvalue weighted by molar-refractivity contribution is 6.17. The van der Waals surface area contributed by atoms with Crippen LogP contribution in [0.25, 0.3) is 11.0 Å². The van der Waals surface area contributed by atoms with E-state index in [4.69, 9.17) is 16.3 Å². The number of hydrogen-bond acceptors (Lipinski definition) is 4. The molecule has 1 aliphatic heterocycles. The van der Waals surface area contributed by atoms with Crippen molar-refractivity contribution in [1.29, 1.82) is 0 Å². The Morgan fingerprint density at radius 1 is 1.35 bits per heavy atom. The molecule has 1 saturated heterocycles. The summed E-state index contributed by atoms with van der Waals surface area (Å²) in [6, 6.07) is 2.00. The molecule has 1 fully saturated rings. The Balaban J connectivity index is 1.73. The Morgan fingerprint density at radius 2 is 2.15 bits per heavy atom. The lowest BCUT2D eigenvalue weighted by Gasteiger charge is -2.32. The fourth-order valence-corrected chi connectivity index (χ4v) is 2.81.